The van der Waals surface area contributed by atoms with Crippen LogP contribution in [0.2, 0.25) is 0 Å². The summed E-state index contributed by atoms with van der Waals surface area (Å²) in [5.41, 5.74) is 5.75. The average Bonchev–Trinajstić information content (AvgIpc) is 3.58. The molecule has 0 radical (unpaired) electrons. The summed E-state index contributed by atoms with van der Waals surface area (Å²) < 4.78 is 7.39. The van der Waals surface area contributed by atoms with Crippen LogP contribution in [0.5, 0.6) is 5.75 Å². The predicted octanol–water partition coefficient (Wildman–Crippen LogP) is 3.81. The lowest BCUT2D eigenvalue weighted by molar-refractivity contribution is -0.111. The van der Waals surface area contributed by atoms with Crippen LogP contribution < -0.4 is 20.3 Å². The number of carbonyl (C=O) groups excluding carboxylic acids is 1. The Bertz CT molecular complexity index is 1680. The first kappa shape index (κ1) is 28.7. The summed E-state index contributed by atoms with van der Waals surface area (Å²) in [6.07, 6.45) is 6.60. The van der Waals surface area contributed by atoms with Gasteiger partial charge in [-0.1, -0.05) is 6.58 Å². The van der Waals surface area contributed by atoms with Gasteiger partial charge in [-0.25, -0.2) is 4.98 Å². The van der Waals surface area contributed by atoms with Crippen molar-refractivity contribution in [3.05, 3.63) is 60.6 Å². The number of aliphatic imine (C=N–C) groups is 1. The van der Waals surface area contributed by atoms with E-state index in [1.165, 1.54) is 6.08 Å². The fourth-order valence-corrected chi connectivity index (χ4v) is 4.82. The van der Waals surface area contributed by atoms with Crippen molar-refractivity contribution in [1.29, 1.82) is 0 Å². The Labute approximate surface area is 244 Å². The largest absolute Gasteiger partial charge is 0.494 e. The first-order valence-electron chi connectivity index (χ1n) is 13.5. The molecular formula is C30H35N9O3. The minimum absolute atomic E-state index is 0.0142. The van der Waals surface area contributed by atoms with Crippen molar-refractivity contribution in [3.8, 4) is 17.0 Å². The summed E-state index contributed by atoms with van der Waals surface area (Å²) in [6, 6.07) is 7.54. The molecule has 0 saturated carbocycles. The van der Waals surface area contributed by atoms with Crippen LogP contribution in [0.4, 0.5) is 23.0 Å². The number of rotatable bonds is 11. The summed E-state index contributed by atoms with van der Waals surface area (Å²) in [6.45, 7) is 6.89. The number of aromatic nitrogens is 4. The van der Waals surface area contributed by atoms with Crippen molar-refractivity contribution in [1.82, 2.24) is 24.4 Å². The van der Waals surface area contributed by atoms with Gasteiger partial charge in [-0.3, -0.25) is 14.8 Å². The highest BCUT2D eigenvalue weighted by molar-refractivity contribution is 6.02. The Hall–Kier alpha value is -4.81. The lowest BCUT2D eigenvalue weighted by Crippen LogP contribution is -2.29. The molecule has 4 aromatic rings. The number of hydrogen-bond acceptors (Lipinski definition) is 10. The Morgan fingerprint density at radius 3 is 2.71 bits per heavy atom. The molecule has 1 aromatic carbocycles. The summed E-state index contributed by atoms with van der Waals surface area (Å²) in [4.78, 5) is 35.2. The Morgan fingerprint density at radius 2 is 2.00 bits per heavy atom. The molecule has 5 rings (SSSR count). The van der Waals surface area contributed by atoms with E-state index in [1.807, 2.05) is 57.4 Å². The van der Waals surface area contributed by atoms with Gasteiger partial charge in [0.1, 0.15) is 18.1 Å². The normalized spacial score (nSPS) is 13.8. The number of benzene rings is 1. The van der Waals surface area contributed by atoms with Crippen LogP contribution in [-0.2, 0) is 11.5 Å². The van der Waals surface area contributed by atoms with E-state index in [2.05, 4.69) is 32.1 Å². The molecule has 1 amide bonds. The van der Waals surface area contributed by atoms with Gasteiger partial charge < -0.3 is 34.8 Å². The predicted molar refractivity (Wildman–Crippen MR) is 166 cm³/mol. The minimum Gasteiger partial charge on any atom is -0.494 e. The van der Waals surface area contributed by atoms with Crippen LogP contribution in [0.1, 0.15) is 24.2 Å². The van der Waals surface area contributed by atoms with E-state index in [1.54, 1.807) is 30.1 Å². The monoisotopic (exact) mass is 569 g/mol. The number of nitrogens with one attached hydrogen (secondary N) is 2. The van der Waals surface area contributed by atoms with Gasteiger partial charge in [0, 0.05) is 61.3 Å². The first-order valence-corrected chi connectivity index (χ1v) is 13.5. The third-order valence-electron chi connectivity index (χ3n) is 7.13. The number of nitrogens with zero attached hydrogens (tertiary/aromatic N) is 7. The van der Waals surface area contributed by atoms with Crippen LogP contribution in [0, 0.1) is 0 Å². The maximum absolute atomic E-state index is 12.4. The highest BCUT2D eigenvalue weighted by Crippen LogP contribution is 2.39. The number of hydrogen-bond donors (Lipinski definition) is 3. The summed E-state index contributed by atoms with van der Waals surface area (Å²) in [7, 11) is 7.55. The van der Waals surface area contributed by atoms with Crippen molar-refractivity contribution in [2.24, 2.45) is 4.99 Å². The number of amides is 1. The summed E-state index contributed by atoms with van der Waals surface area (Å²) in [5.74, 6) is 0.475. The van der Waals surface area contributed by atoms with Crippen LogP contribution in [0.25, 0.3) is 22.3 Å². The molecule has 1 aliphatic heterocycles. The number of aliphatic hydroxyl groups is 1. The van der Waals surface area contributed by atoms with Gasteiger partial charge >= 0.3 is 0 Å². The first-order chi connectivity index (χ1) is 20.2. The molecular weight excluding hydrogens is 534 g/mol. The Morgan fingerprint density at radius 1 is 1.19 bits per heavy atom. The minimum atomic E-state index is -0.337. The van der Waals surface area contributed by atoms with Gasteiger partial charge in [-0.05, 0) is 45.3 Å². The standard InChI is InChI=1S/C30H35N9O3/c1-7-26(41)33-22-13-23(25(42-6)14-24(22)38(5)11-10-37(3)4)34-30-35-28(21-8-9-39(17-40)29(21)36-30)20-12-19-15-31-18(2)27(19)32-16-20/h7-9,12-16,18,40H,1,10-11,17H2,2-6H3,(H,33,41)(H,34,35,36). The molecule has 0 aliphatic carbocycles. The average molecular weight is 570 g/mol. The molecule has 218 valence electrons. The second-order valence-corrected chi connectivity index (χ2v) is 10.3. The molecule has 1 unspecified atom stereocenters. The molecule has 0 bridgehead atoms. The highest BCUT2D eigenvalue weighted by atomic mass is 16.5. The summed E-state index contributed by atoms with van der Waals surface area (Å²) >= 11 is 0. The molecule has 0 spiro atoms. The molecule has 12 heteroatoms. The van der Waals surface area contributed by atoms with Crippen molar-refractivity contribution >= 4 is 46.2 Å². The quantitative estimate of drug-likeness (QED) is 0.231. The van der Waals surface area contributed by atoms with E-state index in [4.69, 9.17) is 14.7 Å². The highest BCUT2D eigenvalue weighted by Gasteiger charge is 2.21. The van der Waals surface area contributed by atoms with Crippen LogP contribution in [0.15, 0.2) is 54.3 Å². The van der Waals surface area contributed by atoms with Gasteiger partial charge in [0.15, 0.2) is 0 Å². The van der Waals surface area contributed by atoms with E-state index < -0.39 is 0 Å². The Balaban J connectivity index is 1.60. The van der Waals surface area contributed by atoms with E-state index in [0.717, 1.165) is 41.0 Å². The zero-order valence-corrected chi connectivity index (χ0v) is 24.4. The topological polar surface area (TPSA) is 133 Å². The molecule has 0 saturated heterocycles. The molecule has 0 fully saturated rings. The number of fused-ring (bicyclic) bond motifs is 2. The van der Waals surface area contributed by atoms with Gasteiger partial charge in [-0.15, -0.1) is 0 Å². The number of pyridine rings is 1. The van der Waals surface area contributed by atoms with Gasteiger partial charge in [0.2, 0.25) is 11.9 Å². The number of carbonyl (C=O) groups is 1. The number of anilines is 4. The third kappa shape index (κ3) is 5.67. The second kappa shape index (κ2) is 12.0. The molecule has 42 heavy (non-hydrogen) atoms. The van der Waals surface area contributed by atoms with Crippen molar-refractivity contribution < 1.29 is 14.6 Å². The maximum atomic E-state index is 12.4. The van der Waals surface area contributed by atoms with Crippen LogP contribution >= 0.6 is 0 Å². The molecule has 1 atom stereocenters. The zero-order valence-electron chi connectivity index (χ0n) is 24.4. The van der Waals surface area contributed by atoms with Crippen molar-refractivity contribution in [3.63, 3.8) is 0 Å². The van der Waals surface area contributed by atoms with E-state index in [0.29, 0.717) is 28.5 Å². The fraction of sp³-hybridized carbons (Fsp3) is 0.300. The SMILES string of the molecule is C=CC(=O)Nc1cc(Nc2nc(-c3cnc4c(c3)C=NC4C)c3ccn(CO)c3n2)c(OC)cc1N(C)CCN(C)C. The Kier molecular flexibility index (Phi) is 8.18. The van der Waals surface area contributed by atoms with Crippen LogP contribution in [-0.4, -0.2) is 83.0 Å². The van der Waals surface area contributed by atoms with Gasteiger partial charge in [-0.2, -0.15) is 4.98 Å². The molecule has 4 heterocycles. The zero-order chi connectivity index (χ0) is 30.0. The summed E-state index contributed by atoms with van der Waals surface area (Å²) in [5, 5.41) is 16.9. The van der Waals surface area contributed by atoms with Crippen molar-refractivity contribution in [2.45, 2.75) is 19.7 Å². The lowest BCUT2D eigenvalue weighted by Gasteiger charge is -2.26. The fourth-order valence-electron chi connectivity index (χ4n) is 4.82. The second-order valence-electron chi connectivity index (χ2n) is 10.3. The molecule has 12 nitrogen and oxygen atoms in total. The number of likely N-dealkylation sites (N-methyl/N-ethyl adjacent to an activating group) is 2. The maximum Gasteiger partial charge on any atom is 0.247 e. The van der Waals surface area contributed by atoms with E-state index >= 15 is 0 Å². The van der Waals surface area contributed by atoms with Crippen LogP contribution in [0.3, 0.4) is 0 Å². The van der Waals surface area contributed by atoms with E-state index in [9.17, 15) is 9.90 Å². The van der Waals surface area contributed by atoms with Crippen molar-refractivity contribution in [2.75, 3.05) is 56.9 Å². The van der Waals surface area contributed by atoms with Gasteiger partial charge in [0.05, 0.1) is 41.6 Å². The number of methoxy groups -OCH3 is 1. The van der Waals surface area contributed by atoms with E-state index in [-0.39, 0.29) is 24.6 Å². The van der Waals surface area contributed by atoms with Gasteiger partial charge in [0.25, 0.3) is 0 Å². The lowest BCUT2D eigenvalue weighted by atomic mass is 10.1. The molecule has 1 aliphatic rings. The number of aliphatic hydroxyl groups excluding tert-OH is 1. The number of ether oxygens (including phenoxy) is 1. The third-order valence-corrected chi connectivity index (χ3v) is 7.13. The smallest absolute Gasteiger partial charge is 0.247 e. The molecule has 3 N–H and O–H groups in total. The molecule has 3 aromatic heterocycles.